The lowest BCUT2D eigenvalue weighted by Crippen LogP contribution is -2.35. The smallest absolute Gasteiger partial charge is 0.0636 e. The summed E-state index contributed by atoms with van der Waals surface area (Å²) < 4.78 is 0. The van der Waals surface area contributed by atoms with Crippen LogP contribution in [0.2, 0.25) is 0 Å². The summed E-state index contributed by atoms with van der Waals surface area (Å²) in [5, 5.41) is 10.7. The van der Waals surface area contributed by atoms with E-state index in [2.05, 4.69) is 38.1 Å². The highest BCUT2D eigenvalue weighted by molar-refractivity contribution is 5.16. The Morgan fingerprint density at radius 2 is 1.72 bits per heavy atom. The Morgan fingerprint density at radius 1 is 1.11 bits per heavy atom. The minimum atomic E-state index is -0.176. The summed E-state index contributed by atoms with van der Waals surface area (Å²) in [5.41, 5.74) is 1.45. The lowest BCUT2D eigenvalue weighted by Gasteiger charge is -2.36. The largest absolute Gasteiger partial charge is 0.392 e. The highest BCUT2D eigenvalue weighted by atomic mass is 16.3. The zero-order valence-electron chi connectivity index (χ0n) is 11.7. The topological polar surface area (TPSA) is 20.2 Å². The molecule has 100 valence electrons. The number of hydrogen-bond donors (Lipinski definition) is 1. The van der Waals surface area contributed by atoms with Crippen molar-refractivity contribution < 1.29 is 5.11 Å². The predicted molar refractivity (Wildman–Crippen MR) is 76.5 cm³/mol. The molecule has 0 aromatic heterocycles. The number of aliphatic hydroxyl groups excluding tert-OH is 1. The van der Waals surface area contributed by atoms with Crippen LogP contribution in [-0.2, 0) is 6.42 Å². The van der Waals surface area contributed by atoms with E-state index in [4.69, 9.17) is 0 Å². The zero-order valence-corrected chi connectivity index (χ0v) is 11.7. The van der Waals surface area contributed by atoms with Crippen molar-refractivity contribution in [2.24, 2.45) is 11.3 Å². The van der Waals surface area contributed by atoms with Gasteiger partial charge >= 0.3 is 0 Å². The van der Waals surface area contributed by atoms with Crippen LogP contribution in [0.25, 0.3) is 0 Å². The van der Waals surface area contributed by atoms with Crippen molar-refractivity contribution in [2.45, 2.75) is 58.5 Å². The average Bonchev–Trinajstić information content (AvgIpc) is 2.79. The lowest BCUT2D eigenvalue weighted by molar-refractivity contribution is 0.0134. The second kappa shape index (κ2) is 5.88. The van der Waals surface area contributed by atoms with Crippen LogP contribution in [0.3, 0.4) is 0 Å². The first-order valence-electron chi connectivity index (χ1n) is 7.34. The van der Waals surface area contributed by atoms with Crippen LogP contribution < -0.4 is 0 Å². The van der Waals surface area contributed by atoms with Gasteiger partial charge in [-0.25, -0.2) is 0 Å². The maximum Gasteiger partial charge on any atom is 0.0636 e. The van der Waals surface area contributed by atoms with Crippen molar-refractivity contribution in [1.29, 1.82) is 0 Å². The molecule has 0 heterocycles. The molecule has 1 heteroatoms. The third kappa shape index (κ3) is 3.14. The Hall–Kier alpha value is -0.820. The van der Waals surface area contributed by atoms with Gasteiger partial charge in [0, 0.05) is 0 Å². The predicted octanol–water partition coefficient (Wildman–Crippen LogP) is 4.20. The standard InChI is InChI=1S/C17H26O/c1-14(2)13-17(10-6-7-11-17)16(18)12-15-8-4-3-5-9-15/h3-5,8-9,14,16,18H,6-7,10-13H2,1-2H3. The van der Waals surface area contributed by atoms with Crippen molar-refractivity contribution in [3.05, 3.63) is 35.9 Å². The van der Waals surface area contributed by atoms with Gasteiger partial charge in [0.15, 0.2) is 0 Å². The van der Waals surface area contributed by atoms with E-state index in [1.165, 1.54) is 37.7 Å². The summed E-state index contributed by atoms with van der Waals surface area (Å²) >= 11 is 0. The average molecular weight is 246 g/mol. The fourth-order valence-electron chi connectivity index (χ4n) is 3.62. The van der Waals surface area contributed by atoms with Gasteiger partial charge in [0.1, 0.15) is 0 Å². The summed E-state index contributed by atoms with van der Waals surface area (Å²) in [6.07, 6.45) is 6.80. The number of hydrogen-bond acceptors (Lipinski definition) is 1. The van der Waals surface area contributed by atoms with E-state index in [-0.39, 0.29) is 11.5 Å². The summed E-state index contributed by atoms with van der Waals surface area (Å²) in [5.74, 6) is 0.675. The Labute approximate surface area is 111 Å². The Bertz CT molecular complexity index is 349. The van der Waals surface area contributed by atoms with Crippen molar-refractivity contribution >= 4 is 0 Å². The third-order valence-electron chi connectivity index (χ3n) is 4.39. The normalized spacial score (nSPS) is 20.2. The maximum absolute atomic E-state index is 10.7. The highest BCUT2D eigenvalue weighted by Gasteiger charge is 2.40. The second-order valence-corrected chi connectivity index (χ2v) is 6.37. The monoisotopic (exact) mass is 246 g/mol. The molecule has 1 atom stereocenters. The van der Waals surface area contributed by atoms with Gasteiger partial charge in [0.05, 0.1) is 6.10 Å². The van der Waals surface area contributed by atoms with E-state index in [1.54, 1.807) is 0 Å². The molecule has 2 rings (SSSR count). The van der Waals surface area contributed by atoms with Gasteiger partial charge in [-0.05, 0) is 42.6 Å². The summed E-state index contributed by atoms with van der Waals surface area (Å²) in [6, 6.07) is 10.4. The van der Waals surface area contributed by atoms with E-state index in [0.29, 0.717) is 5.92 Å². The molecule has 1 fully saturated rings. The van der Waals surface area contributed by atoms with Crippen molar-refractivity contribution in [3.8, 4) is 0 Å². The van der Waals surface area contributed by atoms with Gasteiger partial charge < -0.3 is 5.11 Å². The molecule has 1 nitrogen and oxygen atoms in total. The first kappa shape index (κ1) is 13.6. The molecule has 1 saturated carbocycles. The summed E-state index contributed by atoms with van der Waals surface area (Å²) in [6.45, 7) is 4.55. The number of rotatable bonds is 5. The molecule has 0 spiro atoms. The van der Waals surface area contributed by atoms with Gasteiger partial charge in [-0.2, -0.15) is 0 Å². The second-order valence-electron chi connectivity index (χ2n) is 6.37. The van der Waals surface area contributed by atoms with Crippen LogP contribution in [0.5, 0.6) is 0 Å². The molecule has 1 aliphatic rings. The van der Waals surface area contributed by atoms with Crippen LogP contribution in [0.4, 0.5) is 0 Å². The van der Waals surface area contributed by atoms with Crippen LogP contribution in [-0.4, -0.2) is 11.2 Å². The molecule has 1 unspecified atom stereocenters. The SMILES string of the molecule is CC(C)CC1(C(O)Cc2ccccc2)CCCC1. The Kier molecular flexibility index (Phi) is 4.45. The molecular weight excluding hydrogens is 220 g/mol. The highest BCUT2D eigenvalue weighted by Crippen LogP contribution is 2.46. The Balaban J connectivity index is 2.06. The van der Waals surface area contributed by atoms with Gasteiger partial charge in [-0.3, -0.25) is 0 Å². The van der Waals surface area contributed by atoms with E-state index < -0.39 is 0 Å². The van der Waals surface area contributed by atoms with Crippen molar-refractivity contribution in [2.75, 3.05) is 0 Å². The zero-order chi connectivity index (χ0) is 13.0. The van der Waals surface area contributed by atoms with E-state index in [9.17, 15) is 5.11 Å². The maximum atomic E-state index is 10.7. The molecule has 1 aromatic carbocycles. The molecule has 18 heavy (non-hydrogen) atoms. The lowest BCUT2D eigenvalue weighted by atomic mass is 9.72. The Morgan fingerprint density at radius 3 is 2.28 bits per heavy atom. The minimum absolute atomic E-state index is 0.176. The molecule has 0 aliphatic heterocycles. The van der Waals surface area contributed by atoms with Crippen LogP contribution >= 0.6 is 0 Å². The quantitative estimate of drug-likeness (QED) is 0.825. The molecule has 1 aromatic rings. The molecular formula is C17H26O. The van der Waals surface area contributed by atoms with E-state index in [1.807, 2.05) is 6.07 Å². The summed E-state index contributed by atoms with van der Waals surface area (Å²) in [4.78, 5) is 0. The van der Waals surface area contributed by atoms with Gasteiger partial charge in [-0.1, -0.05) is 57.0 Å². The van der Waals surface area contributed by atoms with Gasteiger partial charge in [0.25, 0.3) is 0 Å². The first-order valence-corrected chi connectivity index (χ1v) is 7.34. The van der Waals surface area contributed by atoms with Crippen molar-refractivity contribution in [1.82, 2.24) is 0 Å². The van der Waals surface area contributed by atoms with Crippen molar-refractivity contribution in [3.63, 3.8) is 0 Å². The van der Waals surface area contributed by atoms with Crippen LogP contribution in [0.15, 0.2) is 30.3 Å². The van der Waals surface area contributed by atoms with Crippen LogP contribution in [0.1, 0.15) is 51.5 Å². The number of aliphatic hydroxyl groups is 1. The molecule has 1 aliphatic carbocycles. The first-order chi connectivity index (χ1) is 8.62. The number of benzene rings is 1. The molecule has 1 N–H and O–H groups in total. The molecule has 0 radical (unpaired) electrons. The molecule has 0 saturated heterocycles. The fourth-order valence-corrected chi connectivity index (χ4v) is 3.62. The molecule has 0 bridgehead atoms. The third-order valence-corrected chi connectivity index (χ3v) is 4.39. The fraction of sp³-hybridized carbons (Fsp3) is 0.647. The van der Waals surface area contributed by atoms with Crippen LogP contribution in [0, 0.1) is 11.3 Å². The summed E-state index contributed by atoms with van der Waals surface area (Å²) in [7, 11) is 0. The van der Waals surface area contributed by atoms with E-state index >= 15 is 0 Å². The van der Waals surface area contributed by atoms with Gasteiger partial charge in [0.2, 0.25) is 0 Å². The van der Waals surface area contributed by atoms with Gasteiger partial charge in [-0.15, -0.1) is 0 Å². The molecule has 0 amide bonds. The van der Waals surface area contributed by atoms with E-state index in [0.717, 1.165) is 6.42 Å². The minimum Gasteiger partial charge on any atom is -0.392 e.